The highest BCUT2D eigenvalue weighted by molar-refractivity contribution is 14.0. The zero-order valence-corrected chi connectivity index (χ0v) is 19.2. The van der Waals surface area contributed by atoms with Gasteiger partial charge >= 0.3 is 0 Å². The third kappa shape index (κ3) is 9.62. The van der Waals surface area contributed by atoms with E-state index in [1.807, 2.05) is 0 Å². The first-order valence-corrected chi connectivity index (χ1v) is 9.87. The Morgan fingerprint density at radius 3 is 2.48 bits per heavy atom. The smallest absolute Gasteiger partial charge is 0.191 e. The Bertz CT molecular complexity index is 506. The van der Waals surface area contributed by atoms with Crippen LogP contribution in [0.25, 0.3) is 0 Å². The summed E-state index contributed by atoms with van der Waals surface area (Å²) >= 11 is 0. The van der Waals surface area contributed by atoms with Gasteiger partial charge in [-0.15, -0.1) is 24.0 Å². The van der Waals surface area contributed by atoms with E-state index < -0.39 is 0 Å². The van der Waals surface area contributed by atoms with Crippen LogP contribution in [0.15, 0.2) is 35.3 Å². The number of halogens is 1. The molecule has 7 heteroatoms. The molecule has 0 atom stereocenters. The Kier molecular flexibility index (Phi) is 13.3. The van der Waals surface area contributed by atoms with Gasteiger partial charge < -0.3 is 20.3 Å². The van der Waals surface area contributed by atoms with E-state index in [4.69, 9.17) is 4.74 Å². The molecule has 1 saturated heterocycles. The maximum absolute atomic E-state index is 5.07. The van der Waals surface area contributed by atoms with Crippen molar-refractivity contribution in [1.29, 1.82) is 0 Å². The number of benzene rings is 1. The minimum absolute atomic E-state index is 0. The van der Waals surface area contributed by atoms with Crippen molar-refractivity contribution < 1.29 is 4.74 Å². The van der Waals surface area contributed by atoms with Gasteiger partial charge in [0.15, 0.2) is 5.96 Å². The van der Waals surface area contributed by atoms with Crippen LogP contribution < -0.4 is 15.5 Å². The number of rotatable bonds is 10. The number of para-hydroxylation sites is 1. The third-order valence-corrected chi connectivity index (χ3v) is 4.56. The lowest BCUT2D eigenvalue weighted by atomic mass is 10.2. The summed E-state index contributed by atoms with van der Waals surface area (Å²) in [5.74, 6) is 0.914. The second-order valence-corrected chi connectivity index (χ2v) is 6.55. The molecule has 0 radical (unpaired) electrons. The van der Waals surface area contributed by atoms with Gasteiger partial charge in [-0.1, -0.05) is 18.2 Å². The largest absolute Gasteiger partial charge is 0.385 e. The average molecular weight is 489 g/mol. The molecule has 1 aromatic carbocycles. The van der Waals surface area contributed by atoms with E-state index >= 15 is 0 Å². The summed E-state index contributed by atoms with van der Waals surface area (Å²) in [4.78, 5) is 9.61. The Morgan fingerprint density at radius 1 is 1.07 bits per heavy atom. The number of ether oxygens (including phenoxy) is 1. The first kappa shape index (κ1) is 24.0. The number of guanidine groups is 1. The molecule has 1 aliphatic rings. The van der Waals surface area contributed by atoms with E-state index in [-0.39, 0.29) is 24.0 Å². The second-order valence-electron chi connectivity index (χ2n) is 6.55. The fourth-order valence-corrected chi connectivity index (χ4v) is 3.12. The molecule has 154 valence electrons. The third-order valence-electron chi connectivity index (χ3n) is 4.56. The molecule has 0 spiro atoms. The van der Waals surface area contributed by atoms with Gasteiger partial charge in [0.05, 0.1) is 0 Å². The highest BCUT2D eigenvalue weighted by Gasteiger charge is 2.16. The zero-order chi connectivity index (χ0) is 18.5. The van der Waals surface area contributed by atoms with Gasteiger partial charge in [0.2, 0.25) is 0 Å². The van der Waals surface area contributed by atoms with Crippen LogP contribution in [0.3, 0.4) is 0 Å². The Morgan fingerprint density at radius 2 is 1.81 bits per heavy atom. The maximum Gasteiger partial charge on any atom is 0.191 e. The number of hydrogen-bond acceptors (Lipinski definition) is 4. The molecule has 0 saturated carbocycles. The molecule has 27 heavy (non-hydrogen) atoms. The first-order valence-electron chi connectivity index (χ1n) is 9.87. The number of methoxy groups -OCH3 is 1. The number of nitrogens with one attached hydrogen (secondary N) is 2. The van der Waals surface area contributed by atoms with Crippen LogP contribution in [-0.2, 0) is 4.74 Å². The van der Waals surface area contributed by atoms with Crippen LogP contribution in [0.4, 0.5) is 5.69 Å². The Balaban J connectivity index is 0.00000364. The normalized spacial score (nSPS) is 15.3. The molecule has 0 unspecified atom stereocenters. The topological polar surface area (TPSA) is 52.1 Å². The van der Waals surface area contributed by atoms with Crippen LogP contribution in [0.5, 0.6) is 0 Å². The summed E-state index contributed by atoms with van der Waals surface area (Å²) < 4.78 is 5.07. The Hall–Kier alpha value is -1.06. The minimum Gasteiger partial charge on any atom is -0.385 e. The molecule has 1 heterocycles. The lowest BCUT2D eigenvalue weighted by Crippen LogP contribution is -2.47. The molecule has 0 amide bonds. The van der Waals surface area contributed by atoms with Gasteiger partial charge in [0, 0.05) is 65.2 Å². The molecule has 0 bridgehead atoms. The number of aliphatic imine (C=N–C) groups is 1. The molecule has 6 nitrogen and oxygen atoms in total. The van der Waals surface area contributed by atoms with Crippen LogP contribution in [0.2, 0.25) is 0 Å². The van der Waals surface area contributed by atoms with E-state index in [0.29, 0.717) is 0 Å². The van der Waals surface area contributed by atoms with Crippen molar-refractivity contribution in [2.24, 2.45) is 4.99 Å². The van der Waals surface area contributed by atoms with Gasteiger partial charge in [-0.05, 0) is 38.4 Å². The fourth-order valence-electron chi connectivity index (χ4n) is 3.12. The van der Waals surface area contributed by atoms with Crippen LogP contribution in [0.1, 0.15) is 19.8 Å². The second kappa shape index (κ2) is 14.9. The van der Waals surface area contributed by atoms with Crippen molar-refractivity contribution >= 4 is 35.6 Å². The molecule has 1 aliphatic heterocycles. The Labute approximate surface area is 181 Å². The van der Waals surface area contributed by atoms with Crippen molar-refractivity contribution in [3.8, 4) is 0 Å². The van der Waals surface area contributed by atoms with Crippen molar-refractivity contribution in [1.82, 2.24) is 15.5 Å². The molecule has 1 fully saturated rings. The predicted molar refractivity (Wildman–Crippen MR) is 126 cm³/mol. The van der Waals surface area contributed by atoms with Gasteiger partial charge in [0.1, 0.15) is 0 Å². The standard InChI is InChI=1S/C20H35N5O.HI/c1-3-21-20(23-12-8-18-26-2)22-11-7-13-24-14-16-25(17-15-24)19-9-5-4-6-10-19;/h4-6,9-10H,3,7-8,11-18H2,1-2H3,(H2,21,22,23);1H. The van der Waals surface area contributed by atoms with Crippen molar-refractivity contribution in [3.63, 3.8) is 0 Å². The van der Waals surface area contributed by atoms with Crippen molar-refractivity contribution in [2.45, 2.75) is 19.8 Å². The molecular formula is C20H36IN5O. The van der Waals surface area contributed by atoms with Gasteiger partial charge in [-0.3, -0.25) is 9.89 Å². The summed E-state index contributed by atoms with van der Waals surface area (Å²) in [7, 11) is 1.73. The summed E-state index contributed by atoms with van der Waals surface area (Å²) in [6.45, 7) is 11.1. The summed E-state index contributed by atoms with van der Waals surface area (Å²) in [5, 5.41) is 6.73. The quantitative estimate of drug-likeness (QED) is 0.229. The van der Waals surface area contributed by atoms with Crippen molar-refractivity contribution in [3.05, 3.63) is 30.3 Å². The highest BCUT2D eigenvalue weighted by Crippen LogP contribution is 2.15. The van der Waals surface area contributed by atoms with E-state index in [0.717, 1.165) is 77.8 Å². The van der Waals surface area contributed by atoms with E-state index in [2.05, 4.69) is 62.7 Å². The first-order chi connectivity index (χ1) is 12.8. The molecule has 0 aromatic heterocycles. The molecule has 0 aliphatic carbocycles. The lowest BCUT2D eigenvalue weighted by molar-refractivity contribution is 0.197. The van der Waals surface area contributed by atoms with Gasteiger partial charge in [-0.2, -0.15) is 0 Å². The number of piperazine rings is 1. The summed E-state index contributed by atoms with van der Waals surface area (Å²) in [6.07, 6.45) is 2.09. The van der Waals surface area contributed by atoms with E-state index in [1.54, 1.807) is 7.11 Å². The van der Waals surface area contributed by atoms with Gasteiger partial charge in [-0.25, -0.2) is 0 Å². The molecule has 1 aromatic rings. The van der Waals surface area contributed by atoms with E-state index in [1.165, 1.54) is 5.69 Å². The molecule has 2 rings (SSSR count). The van der Waals surface area contributed by atoms with Crippen LogP contribution in [0, 0.1) is 0 Å². The van der Waals surface area contributed by atoms with Crippen LogP contribution >= 0.6 is 24.0 Å². The predicted octanol–water partition coefficient (Wildman–Crippen LogP) is 2.41. The average Bonchev–Trinajstić information content (AvgIpc) is 2.69. The summed E-state index contributed by atoms with van der Waals surface area (Å²) in [6, 6.07) is 10.7. The maximum atomic E-state index is 5.07. The molecule has 2 N–H and O–H groups in total. The lowest BCUT2D eigenvalue weighted by Gasteiger charge is -2.36. The monoisotopic (exact) mass is 489 g/mol. The van der Waals surface area contributed by atoms with Crippen molar-refractivity contribution in [2.75, 3.05) is 71.0 Å². The number of hydrogen-bond donors (Lipinski definition) is 2. The van der Waals surface area contributed by atoms with E-state index in [9.17, 15) is 0 Å². The SMILES string of the molecule is CCNC(=NCCCOC)NCCCN1CCN(c2ccccc2)CC1.I. The van der Waals surface area contributed by atoms with Gasteiger partial charge in [0.25, 0.3) is 0 Å². The highest BCUT2D eigenvalue weighted by atomic mass is 127. The van der Waals surface area contributed by atoms with Crippen LogP contribution in [-0.4, -0.2) is 76.9 Å². The minimum atomic E-state index is 0. The zero-order valence-electron chi connectivity index (χ0n) is 16.8. The number of nitrogens with zero attached hydrogens (tertiary/aromatic N) is 3. The molecular weight excluding hydrogens is 453 g/mol. The number of anilines is 1. The fraction of sp³-hybridized carbons (Fsp3) is 0.650. The summed E-state index contributed by atoms with van der Waals surface area (Å²) in [5.41, 5.74) is 1.34.